The zero-order valence-electron chi connectivity index (χ0n) is 9.57. The van der Waals surface area contributed by atoms with Crippen molar-refractivity contribution in [1.82, 2.24) is 0 Å². The summed E-state index contributed by atoms with van der Waals surface area (Å²) in [5, 5.41) is 11.8. The SMILES string of the molecule is N#Cc1ccccc1NC(=O)C1(CN)CCC1. The van der Waals surface area contributed by atoms with E-state index < -0.39 is 5.41 Å². The summed E-state index contributed by atoms with van der Waals surface area (Å²) in [4.78, 5) is 12.1. The van der Waals surface area contributed by atoms with Gasteiger partial charge in [-0.25, -0.2) is 0 Å². The zero-order chi connectivity index (χ0) is 12.3. The highest BCUT2D eigenvalue weighted by molar-refractivity contribution is 5.97. The van der Waals surface area contributed by atoms with Crippen LogP contribution in [0.25, 0.3) is 0 Å². The molecule has 1 aromatic carbocycles. The molecule has 0 spiro atoms. The molecule has 1 amide bonds. The molecule has 1 aliphatic rings. The number of para-hydroxylation sites is 1. The van der Waals surface area contributed by atoms with Gasteiger partial charge in [-0.15, -0.1) is 0 Å². The lowest BCUT2D eigenvalue weighted by Gasteiger charge is -2.39. The Hall–Kier alpha value is -1.86. The number of nitriles is 1. The van der Waals surface area contributed by atoms with Crippen molar-refractivity contribution in [3.05, 3.63) is 29.8 Å². The van der Waals surface area contributed by atoms with Crippen LogP contribution in [-0.4, -0.2) is 12.5 Å². The largest absolute Gasteiger partial charge is 0.329 e. The van der Waals surface area contributed by atoms with E-state index in [1.165, 1.54) is 0 Å². The Morgan fingerprint density at radius 3 is 2.71 bits per heavy atom. The van der Waals surface area contributed by atoms with Crippen LogP contribution in [0.2, 0.25) is 0 Å². The molecule has 0 saturated heterocycles. The number of rotatable bonds is 3. The smallest absolute Gasteiger partial charge is 0.231 e. The van der Waals surface area contributed by atoms with Crippen LogP contribution >= 0.6 is 0 Å². The molecule has 1 fully saturated rings. The average molecular weight is 229 g/mol. The van der Waals surface area contributed by atoms with Crippen molar-refractivity contribution in [2.24, 2.45) is 11.1 Å². The minimum atomic E-state index is -0.414. The minimum Gasteiger partial charge on any atom is -0.329 e. The van der Waals surface area contributed by atoms with E-state index in [9.17, 15) is 4.79 Å². The fourth-order valence-electron chi connectivity index (χ4n) is 2.07. The van der Waals surface area contributed by atoms with Gasteiger partial charge in [0, 0.05) is 6.54 Å². The molecule has 0 radical (unpaired) electrons. The Labute approximate surface area is 100 Å². The van der Waals surface area contributed by atoms with Crippen molar-refractivity contribution in [3.8, 4) is 6.07 Å². The van der Waals surface area contributed by atoms with Gasteiger partial charge in [0.15, 0.2) is 0 Å². The number of anilines is 1. The maximum absolute atomic E-state index is 12.1. The van der Waals surface area contributed by atoms with E-state index in [0.29, 0.717) is 17.8 Å². The van der Waals surface area contributed by atoms with Gasteiger partial charge in [0.2, 0.25) is 5.91 Å². The van der Waals surface area contributed by atoms with Gasteiger partial charge in [-0.1, -0.05) is 18.6 Å². The van der Waals surface area contributed by atoms with Crippen molar-refractivity contribution in [2.75, 3.05) is 11.9 Å². The molecule has 0 heterocycles. The normalized spacial score (nSPS) is 16.7. The Morgan fingerprint density at radius 2 is 2.18 bits per heavy atom. The monoisotopic (exact) mass is 229 g/mol. The van der Waals surface area contributed by atoms with E-state index in [1.54, 1.807) is 24.3 Å². The lowest BCUT2D eigenvalue weighted by molar-refractivity contribution is -0.129. The van der Waals surface area contributed by atoms with Gasteiger partial charge in [0.1, 0.15) is 6.07 Å². The maximum atomic E-state index is 12.1. The summed E-state index contributed by atoms with van der Waals surface area (Å²) in [6, 6.07) is 9.05. The number of amides is 1. The first-order chi connectivity index (χ1) is 8.22. The van der Waals surface area contributed by atoms with Gasteiger partial charge in [-0.2, -0.15) is 5.26 Å². The van der Waals surface area contributed by atoms with Crippen LogP contribution in [0.5, 0.6) is 0 Å². The number of carbonyl (C=O) groups excluding carboxylic acids is 1. The molecule has 0 atom stereocenters. The lowest BCUT2D eigenvalue weighted by atomic mass is 9.68. The number of nitrogens with zero attached hydrogens (tertiary/aromatic N) is 1. The van der Waals surface area contributed by atoms with Crippen LogP contribution in [-0.2, 0) is 4.79 Å². The third-order valence-electron chi connectivity index (χ3n) is 3.48. The van der Waals surface area contributed by atoms with Crippen molar-refractivity contribution < 1.29 is 4.79 Å². The summed E-state index contributed by atoms with van der Waals surface area (Å²) in [7, 11) is 0. The second-order valence-corrected chi connectivity index (χ2v) is 4.45. The molecule has 2 rings (SSSR count). The molecule has 4 nitrogen and oxygen atoms in total. The summed E-state index contributed by atoms with van der Waals surface area (Å²) in [5.74, 6) is -0.0612. The molecule has 4 heteroatoms. The van der Waals surface area contributed by atoms with Gasteiger partial charge in [0.25, 0.3) is 0 Å². The van der Waals surface area contributed by atoms with Crippen LogP contribution in [0.1, 0.15) is 24.8 Å². The molecule has 1 aromatic rings. The molecule has 17 heavy (non-hydrogen) atoms. The average Bonchev–Trinajstić information content (AvgIpc) is 2.29. The highest BCUT2D eigenvalue weighted by Crippen LogP contribution is 2.40. The summed E-state index contributed by atoms with van der Waals surface area (Å²) in [6.07, 6.45) is 2.72. The van der Waals surface area contributed by atoms with Crippen LogP contribution in [0.4, 0.5) is 5.69 Å². The fraction of sp³-hybridized carbons (Fsp3) is 0.385. The van der Waals surface area contributed by atoms with Crippen molar-refractivity contribution in [3.63, 3.8) is 0 Å². The number of nitrogens with two attached hydrogens (primary N) is 1. The molecule has 0 aromatic heterocycles. The van der Waals surface area contributed by atoms with Gasteiger partial charge in [0.05, 0.1) is 16.7 Å². The van der Waals surface area contributed by atoms with Crippen LogP contribution in [0.3, 0.4) is 0 Å². The molecule has 1 saturated carbocycles. The Kier molecular flexibility index (Phi) is 3.12. The molecule has 0 aliphatic heterocycles. The van der Waals surface area contributed by atoms with Crippen molar-refractivity contribution in [1.29, 1.82) is 5.26 Å². The number of hydrogen-bond acceptors (Lipinski definition) is 3. The van der Waals surface area contributed by atoms with E-state index >= 15 is 0 Å². The number of hydrogen-bond donors (Lipinski definition) is 2. The topological polar surface area (TPSA) is 78.9 Å². The zero-order valence-corrected chi connectivity index (χ0v) is 9.57. The first-order valence-corrected chi connectivity index (χ1v) is 5.72. The Bertz CT molecular complexity index is 466. The van der Waals surface area contributed by atoms with E-state index in [2.05, 4.69) is 11.4 Å². The third kappa shape index (κ3) is 2.02. The lowest BCUT2D eigenvalue weighted by Crippen LogP contribution is -2.47. The predicted molar refractivity (Wildman–Crippen MR) is 65.1 cm³/mol. The van der Waals surface area contributed by atoms with Crippen LogP contribution in [0, 0.1) is 16.7 Å². The number of nitrogens with one attached hydrogen (secondary N) is 1. The molecular formula is C13H15N3O. The summed E-state index contributed by atoms with van der Waals surface area (Å²) < 4.78 is 0. The maximum Gasteiger partial charge on any atom is 0.231 e. The summed E-state index contributed by atoms with van der Waals surface area (Å²) >= 11 is 0. The minimum absolute atomic E-state index is 0.0612. The second-order valence-electron chi connectivity index (χ2n) is 4.45. The quantitative estimate of drug-likeness (QED) is 0.826. The highest BCUT2D eigenvalue weighted by Gasteiger charge is 2.42. The first-order valence-electron chi connectivity index (χ1n) is 5.72. The van der Waals surface area contributed by atoms with E-state index in [-0.39, 0.29) is 5.91 Å². The molecule has 1 aliphatic carbocycles. The summed E-state index contributed by atoms with van der Waals surface area (Å²) in [6.45, 7) is 0.369. The number of carbonyl (C=O) groups is 1. The van der Waals surface area contributed by atoms with Gasteiger partial charge < -0.3 is 11.1 Å². The Balaban J connectivity index is 2.16. The second kappa shape index (κ2) is 4.56. The first kappa shape index (κ1) is 11.6. The number of benzene rings is 1. The van der Waals surface area contributed by atoms with Crippen molar-refractivity contribution in [2.45, 2.75) is 19.3 Å². The highest BCUT2D eigenvalue weighted by atomic mass is 16.2. The van der Waals surface area contributed by atoms with Gasteiger partial charge in [-0.3, -0.25) is 4.79 Å². The molecule has 0 unspecified atom stereocenters. The Morgan fingerprint density at radius 1 is 1.47 bits per heavy atom. The van der Waals surface area contributed by atoms with E-state index in [1.807, 2.05) is 0 Å². The summed E-state index contributed by atoms with van der Waals surface area (Å²) in [5.41, 5.74) is 6.30. The third-order valence-corrected chi connectivity index (χ3v) is 3.48. The molecule has 0 bridgehead atoms. The van der Waals surface area contributed by atoms with E-state index in [0.717, 1.165) is 19.3 Å². The fourth-order valence-corrected chi connectivity index (χ4v) is 2.07. The predicted octanol–water partition coefficient (Wildman–Crippen LogP) is 1.63. The van der Waals surface area contributed by atoms with Gasteiger partial charge in [-0.05, 0) is 25.0 Å². The molecule has 3 N–H and O–H groups in total. The van der Waals surface area contributed by atoms with Crippen LogP contribution < -0.4 is 11.1 Å². The molecular weight excluding hydrogens is 214 g/mol. The van der Waals surface area contributed by atoms with E-state index in [4.69, 9.17) is 11.0 Å². The molecule has 88 valence electrons. The van der Waals surface area contributed by atoms with Gasteiger partial charge >= 0.3 is 0 Å². The van der Waals surface area contributed by atoms with Crippen LogP contribution in [0.15, 0.2) is 24.3 Å². The standard InChI is InChI=1S/C13H15N3O/c14-8-10-4-1-2-5-11(10)16-12(17)13(9-15)6-3-7-13/h1-2,4-5H,3,6-7,9,15H2,(H,16,17). The van der Waals surface area contributed by atoms with Crippen molar-refractivity contribution >= 4 is 11.6 Å².